The highest BCUT2D eigenvalue weighted by molar-refractivity contribution is 5.55. The van der Waals surface area contributed by atoms with Crippen LogP contribution >= 0.6 is 0 Å². The number of nitrogens with zero attached hydrogens (tertiary/aromatic N) is 1. The fourth-order valence-electron chi connectivity index (χ4n) is 2.99. The largest absolute Gasteiger partial charge is 0.374 e. The van der Waals surface area contributed by atoms with Crippen LogP contribution in [0.3, 0.4) is 0 Å². The first-order chi connectivity index (χ1) is 8.98. The number of para-hydroxylation sites is 1. The summed E-state index contributed by atoms with van der Waals surface area (Å²) in [5.41, 5.74) is 3.05. The Bertz CT molecular complexity index is 400. The molecule has 0 aromatic heterocycles. The minimum absolute atomic E-state index is 0.207. The van der Waals surface area contributed by atoms with Gasteiger partial charge in [0.05, 0.1) is 0 Å². The summed E-state index contributed by atoms with van der Waals surface area (Å²) in [7, 11) is 2.24. The number of hydrogen-bond acceptors (Lipinski definition) is 2. The first kappa shape index (κ1) is 14.4. The van der Waals surface area contributed by atoms with E-state index in [0.717, 1.165) is 5.92 Å². The molecule has 1 aliphatic rings. The molecule has 1 fully saturated rings. The number of anilines is 1. The summed E-state index contributed by atoms with van der Waals surface area (Å²) in [5, 5.41) is 3.44. The zero-order chi connectivity index (χ0) is 13.9. The van der Waals surface area contributed by atoms with Crippen LogP contribution in [0.25, 0.3) is 0 Å². The summed E-state index contributed by atoms with van der Waals surface area (Å²) in [6.07, 6.45) is 2.62. The van der Waals surface area contributed by atoms with Gasteiger partial charge in [0, 0.05) is 19.3 Å². The van der Waals surface area contributed by atoms with Crippen LogP contribution in [0, 0.1) is 5.92 Å². The molecule has 1 aromatic rings. The lowest BCUT2D eigenvalue weighted by Gasteiger charge is -2.32. The Labute approximate surface area is 118 Å². The monoisotopic (exact) mass is 260 g/mol. The molecule has 1 heterocycles. The summed E-state index contributed by atoms with van der Waals surface area (Å²) in [6, 6.07) is 8.85. The van der Waals surface area contributed by atoms with Gasteiger partial charge in [0.2, 0.25) is 0 Å². The molecule has 0 unspecified atom stereocenters. The highest BCUT2D eigenvalue weighted by Gasteiger charge is 2.21. The Kier molecular flexibility index (Phi) is 4.51. The van der Waals surface area contributed by atoms with E-state index in [-0.39, 0.29) is 5.41 Å². The van der Waals surface area contributed by atoms with Gasteiger partial charge in [-0.1, -0.05) is 39.0 Å². The molecule has 0 amide bonds. The summed E-state index contributed by atoms with van der Waals surface area (Å²) in [6.45, 7) is 10.4. The van der Waals surface area contributed by atoms with E-state index in [1.54, 1.807) is 0 Å². The van der Waals surface area contributed by atoms with E-state index in [1.807, 2.05) is 0 Å². The van der Waals surface area contributed by atoms with Gasteiger partial charge in [-0.3, -0.25) is 0 Å². The summed E-state index contributed by atoms with van der Waals surface area (Å²) in [5.74, 6) is 0.833. The van der Waals surface area contributed by atoms with Crippen LogP contribution in [0.2, 0.25) is 0 Å². The molecule has 2 nitrogen and oxygen atoms in total. The molecule has 0 radical (unpaired) electrons. The molecule has 106 valence electrons. The maximum absolute atomic E-state index is 3.44. The summed E-state index contributed by atoms with van der Waals surface area (Å²) < 4.78 is 0. The van der Waals surface area contributed by atoms with Crippen molar-refractivity contribution < 1.29 is 0 Å². The lowest BCUT2D eigenvalue weighted by Crippen LogP contribution is -2.35. The molecule has 1 saturated heterocycles. The molecule has 0 spiro atoms. The van der Waals surface area contributed by atoms with Crippen molar-refractivity contribution in [3.63, 3.8) is 0 Å². The van der Waals surface area contributed by atoms with Gasteiger partial charge in [0.15, 0.2) is 0 Å². The summed E-state index contributed by atoms with van der Waals surface area (Å²) >= 11 is 0. The molecule has 19 heavy (non-hydrogen) atoms. The van der Waals surface area contributed by atoms with Gasteiger partial charge in [-0.2, -0.15) is 0 Å². The Hall–Kier alpha value is -1.02. The predicted molar refractivity (Wildman–Crippen MR) is 84.0 cm³/mol. The third-order valence-electron chi connectivity index (χ3n) is 4.11. The highest BCUT2D eigenvalue weighted by atomic mass is 15.1. The van der Waals surface area contributed by atoms with E-state index in [0.29, 0.717) is 0 Å². The smallest absolute Gasteiger partial charge is 0.0401 e. The zero-order valence-electron chi connectivity index (χ0n) is 12.9. The quantitative estimate of drug-likeness (QED) is 0.896. The Morgan fingerprint density at radius 2 is 1.79 bits per heavy atom. The second kappa shape index (κ2) is 5.96. The third-order valence-corrected chi connectivity index (χ3v) is 4.11. The van der Waals surface area contributed by atoms with E-state index < -0.39 is 0 Å². The molecule has 1 aromatic carbocycles. The maximum atomic E-state index is 3.44. The van der Waals surface area contributed by atoms with Gasteiger partial charge in [-0.25, -0.2) is 0 Å². The molecule has 2 heteroatoms. The molecule has 2 rings (SSSR count). The number of rotatable bonds is 3. The first-order valence-electron chi connectivity index (χ1n) is 7.50. The van der Waals surface area contributed by atoms with Gasteiger partial charge in [0.1, 0.15) is 0 Å². The number of benzene rings is 1. The SMILES string of the molecule is CN(CC1CCNCC1)c1ccccc1C(C)(C)C. The topological polar surface area (TPSA) is 15.3 Å². The summed E-state index contributed by atoms with van der Waals surface area (Å²) in [4.78, 5) is 2.45. The standard InChI is InChI=1S/C17H28N2/c1-17(2,3)15-7-5-6-8-16(15)19(4)13-14-9-11-18-12-10-14/h5-8,14,18H,9-13H2,1-4H3. The third kappa shape index (κ3) is 3.73. The van der Waals surface area contributed by atoms with Crippen molar-refractivity contribution in [2.45, 2.75) is 39.0 Å². The van der Waals surface area contributed by atoms with Crippen LogP contribution in [0.5, 0.6) is 0 Å². The average Bonchev–Trinajstić information content (AvgIpc) is 2.39. The van der Waals surface area contributed by atoms with E-state index in [9.17, 15) is 0 Å². The van der Waals surface area contributed by atoms with Crippen LogP contribution < -0.4 is 10.2 Å². The van der Waals surface area contributed by atoms with Crippen molar-refractivity contribution >= 4 is 5.69 Å². The molecular weight excluding hydrogens is 232 g/mol. The van der Waals surface area contributed by atoms with E-state index >= 15 is 0 Å². The predicted octanol–water partition coefficient (Wildman–Crippen LogP) is 3.42. The van der Waals surface area contributed by atoms with Gasteiger partial charge < -0.3 is 10.2 Å². The van der Waals surface area contributed by atoms with Gasteiger partial charge in [-0.15, -0.1) is 0 Å². The average molecular weight is 260 g/mol. The van der Waals surface area contributed by atoms with Gasteiger partial charge >= 0.3 is 0 Å². The first-order valence-corrected chi connectivity index (χ1v) is 7.50. The highest BCUT2D eigenvalue weighted by Crippen LogP contribution is 2.32. The second-order valence-electron chi connectivity index (χ2n) is 6.84. The van der Waals surface area contributed by atoms with Crippen molar-refractivity contribution in [2.75, 3.05) is 31.6 Å². The molecule has 0 aliphatic carbocycles. The van der Waals surface area contributed by atoms with Gasteiger partial charge in [-0.05, 0) is 48.9 Å². The lowest BCUT2D eigenvalue weighted by molar-refractivity contribution is 0.377. The van der Waals surface area contributed by atoms with Crippen molar-refractivity contribution in [3.05, 3.63) is 29.8 Å². The van der Waals surface area contributed by atoms with Crippen LogP contribution in [0.1, 0.15) is 39.2 Å². The minimum Gasteiger partial charge on any atom is -0.374 e. The van der Waals surface area contributed by atoms with Gasteiger partial charge in [0.25, 0.3) is 0 Å². The van der Waals surface area contributed by atoms with E-state index in [4.69, 9.17) is 0 Å². The van der Waals surface area contributed by atoms with Crippen molar-refractivity contribution in [3.8, 4) is 0 Å². The lowest BCUT2D eigenvalue weighted by atomic mass is 9.85. The van der Waals surface area contributed by atoms with Crippen molar-refractivity contribution in [1.29, 1.82) is 0 Å². The normalized spacial score (nSPS) is 17.5. The van der Waals surface area contributed by atoms with Crippen LogP contribution in [0.15, 0.2) is 24.3 Å². The Balaban J connectivity index is 2.12. The second-order valence-corrected chi connectivity index (χ2v) is 6.84. The molecule has 0 bridgehead atoms. The zero-order valence-corrected chi connectivity index (χ0v) is 12.9. The molecule has 1 aliphatic heterocycles. The number of nitrogens with one attached hydrogen (secondary N) is 1. The van der Waals surface area contributed by atoms with Crippen LogP contribution in [0.4, 0.5) is 5.69 Å². The van der Waals surface area contributed by atoms with Crippen molar-refractivity contribution in [1.82, 2.24) is 5.32 Å². The van der Waals surface area contributed by atoms with E-state index in [2.05, 4.69) is 62.3 Å². The minimum atomic E-state index is 0.207. The Morgan fingerprint density at radius 3 is 2.42 bits per heavy atom. The Morgan fingerprint density at radius 1 is 1.16 bits per heavy atom. The molecule has 0 saturated carbocycles. The fourth-order valence-corrected chi connectivity index (χ4v) is 2.99. The molecular formula is C17H28N2. The fraction of sp³-hybridized carbons (Fsp3) is 0.647. The van der Waals surface area contributed by atoms with Crippen LogP contribution in [-0.2, 0) is 5.41 Å². The molecule has 1 N–H and O–H groups in total. The number of hydrogen-bond donors (Lipinski definition) is 1. The van der Waals surface area contributed by atoms with Crippen molar-refractivity contribution in [2.24, 2.45) is 5.92 Å². The van der Waals surface area contributed by atoms with Crippen LogP contribution in [-0.4, -0.2) is 26.7 Å². The van der Waals surface area contributed by atoms with E-state index in [1.165, 1.54) is 43.7 Å². The number of piperidine rings is 1. The molecule has 0 atom stereocenters. The maximum Gasteiger partial charge on any atom is 0.0401 e.